The number of halogens is 1. The molecule has 0 spiro atoms. The largest absolute Gasteiger partial charge is 0.454 e. The van der Waals surface area contributed by atoms with Gasteiger partial charge in [0.1, 0.15) is 11.4 Å². The molecule has 132 valence electrons. The summed E-state index contributed by atoms with van der Waals surface area (Å²) in [5.74, 6) is -1.51. The van der Waals surface area contributed by atoms with Gasteiger partial charge in [0, 0.05) is 12.1 Å². The smallest absolute Gasteiger partial charge is 0.407 e. The third-order valence-corrected chi connectivity index (χ3v) is 2.80. The van der Waals surface area contributed by atoms with Crippen LogP contribution in [-0.2, 0) is 14.3 Å². The third-order valence-electron chi connectivity index (χ3n) is 2.80. The van der Waals surface area contributed by atoms with Crippen molar-refractivity contribution >= 4 is 17.8 Å². The molecule has 7 heteroatoms. The van der Waals surface area contributed by atoms with Crippen LogP contribution in [0.4, 0.5) is 9.18 Å². The van der Waals surface area contributed by atoms with Gasteiger partial charge in [-0.25, -0.2) is 9.18 Å². The predicted octanol–water partition coefficient (Wildman–Crippen LogP) is 2.85. The molecule has 24 heavy (non-hydrogen) atoms. The van der Waals surface area contributed by atoms with Crippen LogP contribution in [0.15, 0.2) is 24.3 Å². The van der Waals surface area contributed by atoms with Crippen LogP contribution in [-0.4, -0.2) is 36.1 Å². The summed E-state index contributed by atoms with van der Waals surface area (Å²) in [6.07, 6.45) is -1.73. The van der Waals surface area contributed by atoms with E-state index in [4.69, 9.17) is 9.47 Å². The molecule has 0 fully saturated rings. The Morgan fingerprint density at radius 1 is 1.17 bits per heavy atom. The highest BCUT2D eigenvalue weighted by Gasteiger charge is 2.20. The summed E-state index contributed by atoms with van der Waals surface area (Å²) in [5, 5.41) is 2.42. The van der Waals surface area contributed by atoms with Crippen molar-refractivity contribution in [3.05, 3.63) is 35.6 Å². The molecule has 1 amide bonds. The molecule has 0 aliphatic heterocycles. The fourth-order valence-electron chi connectivity index (χ4n) is 1.74. The van der Waals surface area contributed by atoms with E-state index in [9.17, 15) is 18.8 Å². The Hall–Kier alpha value is -2.44. The van der Waals surface area contributed by atoms with Crippen LogP contribution in [0.3, 0.4) is 0 Å². The molecule has 0 bridgehead atoms. The van der Waals surface area contributed by atoms with Crippen LogP contribution in [0.25, 0.3) is 0 Å². The Labute approximate surface area is 140 Å². The second-order valence-electron chi connectivity index (χ2n) is 6.18. The monoisotopic (exact) mass is 339 g/mol. The van der Waals surface area contributed by atoms with Gasteiger partial charge in [0.15, 0.2) is 6.10 Å². The van der Waals surface area contributed by atoms with Crippen molar-refractivity contribution in [1.82, 2.24) is 5.32 Å². The maximum absolute atomic E-state index is 12.8. The number of ether oxygens (including phenoxy) is 2. The van der Waals surface area contributed by atoms with Crippen LogP contribution < -0.4 is 5.32 Å². The number of amides is 1. The minimum Gasteiger partial charge on any atom is -0.454 e. The summed E-state index contributed by atoms with van der Waals surface area (Å²) < 4.78 is 22.9. The normalized spacial score (nSPS) is 12.2. The fraction of sp³-hybridized carbons (Fsp3) is 0.471. The van der Waals surface area contributed by atoms with E-state index < -0.39 is 35.4 Å². The van der Waals surface area contributed by atoms with Gasteiger partial charge in [0.25, 0.3) is 0 Å². The van der Waals surface area contributed by atoms with Gasteiger partial charge < -0.3 is 14.8 Å². The van der Waals surface area contributed by atoms with Gasteiger partial charge in [-0.1, -0.05) is 0 Å². The predicted molar refractivity (Wildman–Crippen MR) is 85.1 cm³/mol. The van der Waals surface area contributed by atoms with Crippen molar-refractivity contribution < 1.29 is 28.2 Å². The first-order valence-corrected chi connectivity index (χ1v) is 7.54. The summed E-state index contributed by atoms with van der Waals surface area (Å²) in [4.78, 5) is 35.1. The molecule has 0 aliphatic rings. The average molecular weight is 339 g/mol. The minimum absolute atomic E-state index is 0.0329. The topological polar surface area (TPSA) is 81.7 Å². The zero-order valence-electron chi connectivity index (χ0n) is 14.2. The van der Waals surface area contributed by atoms with E-state index in [1.807, 2.05) is 0 Å². The van der Waals surface area contributed by atoms with Crippen molar-refractivity contribution in [3.63, 3.8) is 0 Å². The fourth-order valence-corrected chi connectivity index (χ4v) is 1.74. The van der Waals surface area contributed by atoms with Gasteiger partial charge in [-0.05, 0) is 52.0 Å². The number of rotatable bonds is 6. The molecule has 1 aromatic carbocycles. The molecule has 0 radical (unpaired) electrons. The lowest BCUT2D eigenvalue weighted by atomic mass is 10.1. The first-order valence-electron chi connectivity index (χ1n) is 7.54. The van der Waals surface area contributed by atoms with E-state index in [2.05, 4.69) is 5.32 Å². The molecule has 0 aromatic heterocycles. The van der Waals surface area contributed by atoms with E-state index in [-0.39, 0.29) is 18.5 Å². The molecular formula is C17H22FNO5. The highest BCUT2D eigenvalue weighted by Crippen LogP contribution is 2.09. The Balaban J connectivity index is 2.37. The molecule has 0 saturated heterocycles. The first kappa shape index (κ1) is 19.6. The average Bonchev–Trinajstić information content (AvgIpc) is 2.45. The highest BCUT2D eigenvalue weighted by molar-refractivity contribution is 6.00. The number of carbonyl (C=O) groups is 3. The van der Waals surface area contributed by atoms with Gasteiger partial charge in [-0.2, -0.15) is 0 Å². The van der Waals surface area contributed by atoms with Crippen LogP contribution in [0.1, 0.15) is 44.5 Å². The SMILES string of the molecule is C[C@@H](OC(=O)CCNC(=O)OC(C)(C)C)C(=O)c1ccc(F)cc1. The van der Waals surface area contributed by atoms with Crippen LogP contribution >= 0.6 is 0 Å². The molecule has 0 heterocycles. The van der Waals surface area contributed by atoms with E-state index in [1.165, 1.54) is 19.1 Å². The molecular weight excluding hydrogens is 317 g/mol. The molecule has 6 nitrogen and oxygen atoms in total. The van der Waals surface area contributed by atoms with Crippen molar-refractivity contribution in [2.45, 2.75) is 45.8 Å². The summed E-state index contributed by atoms with van der Waals surface area (Å²) in [6.45, 7) is 6.65. The molecule has 0 saturated carbocycles. The molecule has 0 aliphatic carbocycles. The Bertz CT molecular complexity index is 592. The number of alkyl carbamates (subject to hydrolysis) is 1. The molecule has 1 atom stereocenters. The summed E-state index contributed by atoms with van der Waals surface area (Å²) in [5.41, 5.74) is -0.371. The number of benzene rings is 1. The number of carbonyl (C=O) groups excluding carboxylic acids is 3. The van der Waals surface area contributed by atoms with Gasteiger partial charge in [0.2, 0.25) is 5.78 Å². The van der Waals surface area contributed by atoms with E-state index >= 15 is 0 Å². The zero-order chi connectivity index (χ0) is 18.3. The maximum Gasteiger partial charge on any atom is 0.407 e. The molecule has 1 rings (SSSR count). The second kappa shape index (κ2) is 8.42. The lowest BCUT2D eigenvalue weighted by molar-refractivity contribution is -0.146. The Morgan fingerprint density at radius 3 is 2.29 bits per heavy atom. The standard InChI is InChI=1S/C17H22FNO5/c1-11(15(21)12-5-7-13(18)8-6-12)23-14(20)9-10-19-16(22)24-17(2,3)4/h5-8,11H,9-10H2,1-4H3,(H,19,22)/t11-/m1/s1. The summed E-state index contributed by atoms with van der Waals surface area (Å²) in [7, 11) is 0. The lowest BCUT2D eigenvalue weighted by Gasteiger charge is -2.19. The maximum atomic E-state index is 12.8. The van der Waals surface area contributed by atoms with Gasteiger partial charge in [-0.3, -0.25) is 9.59 Å². The Kier molecular flexibility index (Phi) is 6.88. The van der Waals surface area contributed by atoms with E-state index in [0.29, 0.717) is 0 Å². The quantitative estimate of drug-likeness (QED) is 0.636. The zero-order valence-corrected chi connectivity index (χ0v) is 14.2. The number of ketones is 1. The number of Topliss-reactive ketones (excluding diaryl/α,β-unsaturated/α-hetero) is 1. The van der Waals surface area contributed by atoms with Crippen molar-refractivity contribution in [3.8, 4) is 0 Å². The number of hydrogen-bond donors (Lipinski definition) is 1. The summed E-state index contributed by atoms with van der Waals surface area (Å²) in [6, 6.07) is 4.97. The minimum atomic E-state index is -0.996. The van der Waals surface area contributed by atoms with Gasteiger partial charge >= 0.3 is 12.1 Å². The third kappa shape index (κ3) is 7.21. The number of hydrogen-bond acceptors (Lipinski definition) is 5. The van der Waals surface area contributed by atoms with E-state index in [1.54, 1.807) is 20.8 Å². The Morgan fingerprint density at radius 2 is 1.75 bits per heavy atom. The van der Waals surface area contributed by atoms with Gasteiger partial charge in [0.05, 0.1) is 6.42 Å². The highest BCUT2D eigenvalue weighted by atomic mass is 19.1. The lowest BCUT2D eigenvalue weighted by Crippen LogP contribution is -2.34. The van der Waals surface area contributed by atoms with Crippen molar-refractivity contribution in [1.29, 1.82) is 0 Å². The van der Waals surface area contributed by atoms with Crippen LogP contribution in [0.2, 0.25) is 0 Å². The second-order valence-corrected chi connectivity index (χ2v) is 6.18. The number of esters is 1. The van der Waals surface area contributed by atoms with Crippen molar-refractivity contribution in [2.24, 2.45) is 0 Å². The molecule has 1 N–H and O–H groups in total. The number of nitrogens with one attached hydrogen (secondary N) is 1. The first-order chi connectivity index (χ1) is 11.1. The van der Waals surface area contributed by atoms with Crippen molar-refractivity contribution in [2.75, 3.05) is 6.54 Å². The summed E-state index contributed by atoms with van der Waals surface area (Å²) >= 11 is 0. The van der Waals surface area contributed by atoms with Crippen LogP contribution in [0, 0.1) is 5.82 Å². The van der Waals surface area contributed by atoms with E-state index in [0.717, 1.165) is 12.1 Å². The molecule has 1 aromatic rings. The molecule has 0 unspecified atom stereocenters. The van der Waals surface area contributed by atoms with Crippen LogP contribution in [0.5, 0.6) is 0 Å². The van der Waals surface area contributed by atoms with Gasteiger partial charge in [-0.15, -0.1) is 0 Å².